The molecule has 2 N–H and O–H groups in total. The summed E-state index contributed by atoms with van der Waals surface area (Å²) in [6.07, 6.45) is 2.54. The summed E-state index contributed by atoms with van der Waals surface area (Å²) in [7, 11) is 0. The number of hydrogen-bond acceptors (Lipinski definition) is 3. The Bertz CT molecular complexity index is 605. The Hall–Kier alpha value is -1.46. The normalized spacial score (nSPS) is 34.2. The van der Waals surface area contributed by atoms with Gasteiger partial charge in [-0.1, -0.05) is 30.3 Å². The van der Waals surface area contributed by atoms with Crippen molar-refractivity contribution < 1.29 is 14.3 Å². The van der Waals surface area contributed by atoms with E-state index in [1.165, 1.54) is 12.0 Å². The summed E-state index contributed by atoms with van der Waals surface area (Å²) in [5.41, 5.74) is 1.55. The van der Waals surface area contributed by atoms with Crippen LogP contribution in [0.2, 0.25) is 0 Å². The van der Waals surface area contributed by atoms with Crippen molar-refractivity contribution >= 4 is 5.97 Å². The van der Waals surface area contributed by atoms with E-state index in [0.717, 1.165) is 19.4 Å². The number of aliphatic carboxylic acids is 1. The number of likely N-dealkylation sites (tertiary alicyclic amines) is 1. The molecule has 3 fully saturated rings. The predicted molar refractivity (Wildman–Crippen MR) is 89.8 cm³/mol. The largest absolute Gasteiger partial charge is 0.480 e. The lowest BCUT2D eigenvalue weighted by atomic mass is 10.1. The minimum atomic E-state index is -0.999. The van der Waals surface area contributed by atoms with Gasteiger partial charge >= 0.3 is 5.97 Å². The second kappa shape index (κ2) is 6.12. The molecule has 4 nitrogen and oxygen atoms in total. The van der Waals surface area contributed by atoms with Gasteiger partial charge in [0.25, 0.3) is 0 Å². The van der Waals surface area contributed by atoms with Gasteiger partial charge in [-0.3, -0.25) is 9.69 Å². The van der Waals surface area contributed by atoms with Crippen LogP contribution in [0.4, 0.5) is 4.39 Å². The number of carboxylic acids is 1. The number of benzene rings is 1. The Morgan fingerprint density at radius 1 is 1.29 bits per heavy atom. The summed E-state index contributed by atoms with van der Waals surface area (Å²) in [4.78, 5) is 13.2. The summed E-state index contributed by atoms with van der Waals surface area (Å²) < 4.78 is 13.6. The zero-order chi connectivity index (χ0) is 16.7. The lowest BCUT2D eigenvalue weighted by molar-refractivity contribution is -0.142. The summed E-state index contributed by atoms with van der Waals surface area (Å²) in [5, 5.41) is 13.0. The van der Waals surface area contributed by atoms with Gasteiger partial charge in [-0.2, -0.15) is 0 Å². The van der Waals surface area contributed by atoms with Gasteiger partial charge in [-0.25, -0.2) is 4.39 Å². The van der Waals surface area contributed by atoms with Crippen LogP contribution in [-0.4, -0.2) is 53.9 Å². The predicted octanol–water partition coefficient (Wildman–Crippen LogP) is 2.41. The molecule has 24 heavy (non-hydrogen) atoms. The van der Waals surface area contributed by atoms with Gasteiger partial charge < -0.3 is 10.4 Å². The summed E-state index contributed by atoms with van der Waals surface area (Å²) in [6, 6.07) is 10.5. The Morgan fingerprint density at radius 2 is 2.04 bits per heavy atom. The molecule has 1 aromatic rings. The van der Waals surface area contributed by atoms with Crippen molar-refractivity contribution in [1.82, 2.24) is 10.2 Å². The fourth-order valence-electron chi connectivity index (χ4n) is 4.11. The molecular formula is C19H25FN2O2. The van der Waals surface area contributed by atoms with Crippen LogP contribution in [0.15, 0.2) is 30.3 Å². The second-order valence-electron chi connectivity index (χ2n) is 7.86. The van der Waals surface area contributed by atoms with Gasteiger partial charge in [0.2, 0.25) is 0 Å². The average Bonchev–Trinajstić information content (AvgIpc) is 3.46. The molecule has 1 saturated heterocycles. The number of nitrogens with zero attached hydrogens (tertiary/aromatic N) is 1. The number of halogens is 1. The van der Waals surface area contributed by atoms with Crippen LogP contribution in [0.25, 0.3) is 0 Å². The first-order chi connectivity index (χ1) is 11.6. The molecule has 1 heterocycles. The minimum absolute atomic E-state index is 0.136. The van der Waals surface area contributed by atoms with E-state index in [1.807, 2.05) is 11.0 Å². The molecule has 1 aliphatic heterocycles. The lowest BCUT2D eigenvalue weighted by Gasteiger charge is -2.26. The Labute approximate surface area is 142 Å². The maximum absolute atomic E-state index is 13.6. The Balaban J connectivity index is 1.29. The van der Waals surface area contributed by atoms with Gasteiger partial charge in [0, 0.05) is 38.0 Å². The molecule has 0 radical (unpaired) electrons. The maximum Gasteiger partial charge on any atom is 0.321 e. The van der Waals surface area contributed by atoms with Gasteiger partial charge in [-0.15, -0.1) is 0 Å². The zero-order valence-corrected chi connectivity index (χ0v) is 13.8. The third-order valence-corrected chi connectivity index (χ3v) is 5.89. The molecule has 0 amide bonds. The van der Waals surface area contributed by atoms with Gasteiger partial charge in [-0.05, 0) is 30.2 Å². The van der Waals surface area contributed by atoms with Crippen LogP contribution in [0, 0.1) is 5.41 Å². The van der Waals surface area contributed by atoms with Gasteiger partial charge in [0.15, 0.2) is 0 Å². The summed E-state index contributed by atoms with van der Waals surface area (Å²) in [6.45, 7) is 1.90. The number of nitrogens with one attached hydrogen (secondary N) is 1. The summed E-state index contributed by atoms with van der Waals surface area (Å²) in [5.74, 6) is -0.277. The van der Waals surface area contributed by atoms with Crippen LogP contribution in [0.3, 0.4) is 0 Å². The Kier molecular flexibility index (Phi) is 4.09. The highest BCUT2D eigenvalue weighted by Gasteiger charge is 2.49. The molecule has 2 saturated carbocycles. The monoisotopic (exact) mass is 332 g/mol. The molecule has 3 aliphatic rings. The smallest absolute Gasteiger partial charge is 0.321 e. The first-order valence-corrected chi connectivity index (χ1v) is 8.96. The van der Waals surface area contributed by atoms with Crippen molar-refractivity contribution in [1.29, 1.82) is 0 Å². The third kappa shape index (κ3) is 3.33. The van der Waals surface area contributed by atoms with Crippen molar-refractivity contribution in [2.75, 3.05) is 19.6 Å². The van der Waals surface area contributed by atoms with Crippen LogP contribution >= 0.6 is 0 Å². The molecule has 0 aromatic heterocycles. The first kappa shape index (κ1) is 16.0. The van der Waals surface area contributed by atoms with Crippen LogP contribution in [0.5, 0.6) is 0 Å². The number of hydrogen-bond donors (Lipinski definition) is 2. The van der Waals surface area contributed by atoms with E-state index in [9.17, 15) is 14.3 Å². The number of carbonyl (C=O) groups is 1. The molecule has 4 atom stereocenters. The maximum atomic E-state index is 13.6. The van der Waals surface area contributed by atoms with Crippen molar-refractivity contribution in [3.8, 4) is 0 Å². The van der Waals surface area contributed by atoms with Gasteiger partial charge in [0.05, 0.1) is 0 Å². The van der Waals surface area contributed by atoms with Crippen LogP contribution in [-0.2, 0) is 4.79 Å². The Morgan fingerprint density at radius 3 is 2.71 bits per heavy atom. The second-order valence-corrected chi connectivity index (χ2v) is 7.86. The molecule has 0 bridgehead atoms. The molecule has 0 spiro atoms. The summed E-state index contributed by atoms with van der Waals surface area (Å²) >= 11 is 0. The van der Waals surface area contributed by atoms with Crippen molar-refractivity contribution in [3.63, 3.8) is 0 Å². The molecule has 2 aliphatic carbocycles. The third-order valence-electron chi connectivity index (χ3n) is 5.89. The highest BCUT2D eigenvalue weighted by Crippen LogP contribution is 2.48. The van der Waals surface area contributed by atoms with E-state index in [4.69, 9.17) is 0 Å². The highest BCUT2D eigenvalue weighted by molar-refractivity contribution is 5.74. The average molecular weight is 332 g/mol. The number of carboxylic acid groups (broad SMARTS) is 1. The van der Waals surface area contributed by atoms with Crippen LogP contribution < -0.4 is 5.32 Å². The zero-order valence-electron chi connectivity index (χ0n) is 13.8. The quantitative estimate of drug-likeness (QED) is 0.805. The van der Waals surface area contributed by atoms with E-state index in [1.54, 1.807) is 0 Å². The fourth-order valence-corrected chi connectivity index (χ4v) is 4.11. The van der Waals surface area contributed by atoms with E-state index in [0.29, 0.717) is 18.5 Å². The number of alkyl halides is 1. The standard InChI is InChI=1S/C19H25FN2O2/c20-14-8-17(18(23)24)22(10-14)12-19(6-7-19)11-21-16-9-15(16)13-4-2-1-3-5-13/h1-5,14-17,21H,6-12H2,(H,23,24)/t14-,15+,16-,17+/m1/s1. The highest BCUT2D eigenvalue weighted by atomic mass is 19.1. The molecule has 130 valence electrons. The number of rotatable bonds is 7. The minimum Gasteiger partial charge on any atom is -0.480 e. The van der Waals surface area contributed by atoms with Gasteiger partial charge in [0.1, 0.15) is 12.2 Å². The van der Waals surface area contributed by atoms with E-state index < -0.39 is 18.2 Å². The van der Waals surface area contributed by atoms with Crippen molar-refractivity contribution in [2.45, 2.75) is 49.9 Å². The lowest BCUT2D eigenvalue weighted by Crippen LogP contribution is -2.42. The topological polar surface area (TPSA) is 52.6 Å². The van der Waals surface area contributed by atoms with E-state index in [2.05, 4.69) is 29.6 Å². The molecule has 0 unspecified atom stereocenters. The molecule has 1 aromatic carbocycles. The molecule has 4 rings (SSSR count). The molecular weight excluding hydrogens is 307 g/mol. The van der Waals surface area contributed by atoms with E-state index >= 15 is 0 Å². The van der Waals surface area contributed by atoms with E-state index in [-0.39, 0.29) is 18.4 Å². The van der Waals surface area contributed by atoms with Crippen molar-refractivity contribution in [2.24, 2.45) is 5.41 Å². The fraction of sp³-hybridized carbons (Fsp3) is 0.632. The SMILES string of the molecule is O=C(O)[C@@H]1C[C@@H](F)CN1CC1(CN[C@@H]2C[C@H]2c2ccccc2)CC1. The van der Waals surface area contributed by atoms with Crippen LogP contribution in [0.1, 0.15) is 37.2 Å². The first-order valence-electron chi connectivity index (χ1n) is 8.96. The van der Waals surface area contributed by atoms with Crippen molar-refractivity contribution in [3.05, 3.63) is 35.9 Å². The molecule has 5 heteroatoms.